The van der Waals surface area contributed by atoms with Crippen LogP contribution in [-0.2, 0) is 0 Å². The monoisotopic (exact) mass is 309 g/mol. The highest BCUT2D eigenvalue weighted by Gasteiger charge is 2.12. The maximum Gasteiger partial charge on any atom is 0.161 e. The topological polar surface area (TPSA) is 48.2 Å². The zero-order chi connectivity index (χ0) is 12.3. The predicted molar refractivity (Wildman–Crippen MR) is 76.5 cm³/mol. The van der Waals surface area contributed by atoms with E-state index in [1.165, 1.54) is 0 Å². The van der Waals surface area contributed by atoms with E-state index in [1.54, 1.807) is 23.9 Å². The Labute approximate surface area is 113 Å². The van der Waals surface area contributed by atoms with Crippen molar-refractivity contribution in [3.63, 3.8) is 0 Å². The first-order valence-electron chi connectivity index (χ1n) is 5.36. The number of hydrogen-bond donors (Lipinski definition) is 1. The van der Waals surface area contributed by atoms with Crippen molar-refractivity contribution in [3.05, 3.63) is 28.2 Å². The SMILES string of the molecule is CC1CCSC(Nc2ccc(C#N)cc2Br)=N1. The molecule has 5 heteroatoms. The van der Waals surface area contributed by atoms with Gasteiger partial charge in [0.1, 0.15) is 0 Å². The Morgan fingerprint density at radius 1 is 1.59 bits per heavy atom. The van der Waals surface area contributed by atoms with Crippen molar-refractivity contribution in [2.24, 2.45) is 4.99 Å². The van der Waals surface area contributed by atoms with Crippen LogP contribution in [0.1, 0.15) is 18.9 Å². The molecule has 0 aliphatic carbocycles. The molecule has 0 radical (unpaired) electrons. The molecule has 17 heavy (non-hydrogen) atoms. The quantitative estimate of drug-likeness (QED) is 0.862. The van der Waals surface area contributed by atoms with E-state index in [0.29, 0.717) is 11.6 Å². The summed E-state index contributed by atoms with van der Waals surface area (Å²) in [7, 11) is 0. The number of thioether (sulfide) groups is 1. The van der Waals surface area contributed by atoms with E-state index in [0.717, 1.165) is 27.5 Å². The van der Waals surface area contributed by atoms with E-state index in [4.69, 9.17) is 5.26 Å². The second-order valence-electron chi connectivity index (χ2n) is 3.85. The number of nitrogens with one attached hydrogen (secondary N) is 1. The summed E-state index contributed by atoms with van der Waals surface area (Å²) < 4.78 is 0.887. The Balaban J connectivity index is 2.16. The molecule has 0 saturated heterocycles. The van der Waals surface area contributed by atoms with E-state index in [-0.39, 0.29) is 0 Å². The zero-order valence-electron chi connectivity index (χ0n) is 9.40. The molecule has 3 nitrogen and oxygen atoms in total. The molecule has 1 atom stereocenters. The molecule has 0 aromatic heterocycles. The van der Waals surface area contributed by atoms with Crippen molar-refractivity contribution in [1.82, 2.24) is 0 Å². The van der Waals surface area contributed by atoms with Crippen LogP contribution in [0.25, 0.3) is 0 Å². The molecule has 1 unspecified atom stereocenters. The summed E-state index contributed by atoms with van der Waals surface area (Å²) in [5.74, 6) is 1.10. The molecule has 2 rings (SSSR count). The van der Waals surface area contributed by atoms with Crippen molar-refractivity contribution >= 4 is 38.5 Å². The van der Waals surface area contributed by atoms with Crippen molar-refractivity contribution < 1.29 is 0 Å². The Bertz CT molecular complexity index is 493. The van der Waals surface area contributed by atoms with E-state index in [1.807, 2.05) is 6.07 Å². The predicted octanol–water partition coefficient (Wildman–Crippen LogP) is 3.61. The van der Waals surface area contributed by atoms with Crippen LogP contribution in [0.15, 0.2) is 27.7 Å². The van der Waals surface area contributed by atoms with Gasteiger partial charge in [-0.15, -0.1) is 0 Å². The molecule has 88 valence electrons. The fourth-order valence-electron chi connectivity index (χ4n) is 1.50. The van der Waals surface area contributed by atoms with Gasteiger partial charge in [-0.05, 0) is 47.5 Å². The van der Waals surface area contributed by atoms with Crippen LogP contribution < -0.4 is 5.32 Å². The number of rotatable bonds is 1. The molecule has 0 fully saturated rings. The van der Waals surface area contributed by atoms with Crippen LogP contribution in [0, 0.1) is 11.3 Å². The van der Waals surface area contributed by atoms with Gasteiger partial charge in [0, 0.05) is 10.2 Å². The number of halogens is 1. The Kier molecular flexibility index (Phi) is 4.08. The van der Waals surface area contributed by atoms with Crippen LogP contribution in [-0.4, -0.2) is 17.0 Å². The summed E-state index contributed by atoms with van der Waals surface area (Å²) in [6.45, 7) is 2.12. The summed E-state index contributed by atoms with van der Waals surface area (Å²) in [5, 5.41) is 13.0. The minimum atomic E-state index is 0.385. The summed E-state index contributed by atoms with van der Waals surface area (Å²) in [4.78, 5) is 4.54. The number of benzene rings is 1. The van der Waals surface area contributed by atoms with Gasteiger partial charge in [-0.25, -0.2) is 0 Å². The third kappa shape index (κ3) is 3.24. The number of amidine groups is 1. The van der Waals surface area contributed by atoms with Crippen LogP contribution in [0.4, 0.5) is 5.69 Å². The first kappa shape index (κ1) is 12.5. The average molecular weight is 310 g/mol. The molecule has 1 N–H and O–H groups in total. The number of nitriles is 1. The average Bonchev–Trinajstić information content (AvgIpc) is 2.32. The molecular weight excluding hydrogens is 298 g/mol. The molecule has 1 heterocycles. The summed E-state index contributed by atoms with van der Waals surface area (Å²) in [5.41, 5.74) is 1.60. The first-order chi connectivity index (χ1) is 8.19. The third-order valence-electron chi connectivity index (χ3n) is 2.45. The number of hydrogen-bond acceptors (Lipinski definition) is 4. The lowest BCUT2D eigenvalue weighted by Gasteiger charge is -2.18. The van der Waals surface area contributed by atoms with Gasteiger partial charge in [-0.1, -0.05) is 11.8 Å². The van der Waals surface area contributed by atoms with Crippen molar-refractivity contribution in [3.8, 4) is 6.07 Å². The van der Waals surface area contributed by atoms with Gasteiger partial charge in [0.05, 0.1) is 23.4 Å². The van der Waals surface area contributed by atoms with Gasteiger partial charge in [0.15, 0.2) is 5.17 Å². The molecule has 0 bridgehead atoms. The fraction of sp³-hybridized carbons (Fsp3) is 0.333. The van der Waals surface area contributed by atoms with Crippen LogP contribution >= 0.6 is 27.7 Å². The highest BCUT2D eigenvalue weighted by atomic mass is 79.9. The van der Waals surface area contributed by atoms with E-state index in [9.17, 15) is 0 Å². The molecular formula is C12H12BrN3S. The molecule has 0 amide bonds. The summed E-state index contributed by atoms with van der Waals surface area (Å²) in [6, 6.07) is 7.99. The molecule has 1 aromatic carbocycles. The van der Waals surface area contributed by atoms with Crippen LogP contribution in [0.3, 0.4) is 0 Å². The highest BCUT2D eigenvalue weighted by molar-refractivity contribution is 9.10. The van der Waals surface area contributed by atoms with Crippen LogP contribution in [0.5, 0.6) is 0 Å². The first-order valence-corrected chi connectivity index (χ1v) is 7.14. The minimum absolute atomic E-state index is 0.385. The Morgan fingerprint density at radius 3 is 3.06 bits per heavy atom. The summed E-state index contributed by atoms with van der Waals surface area (Å²) >= 11 is 5.19. The Hall–Kier alpha value is -0.990. The molecule has 1 aromatic rings. The third-order valence-corrected chi connectivity index (χ3v) is 4.03. The smallest absolute Gasteiger partial charge is 0.161 e. The van der Waals surface area contributed by atoms with Gasteiger partial charge < -0.3 is 5.32 Å². The van der Waals surface area contributed by atoms with Gasteiger partial charge in [-0.2, -0.15) is 5.26 Å². The maximum absolute atomic E-state index is 8.79. The van der Waals surface area contributed by atoms with Crippen molar-refractivity contribution in [2.75, 3.05) is 11.1 Å². The molecule has 1 aliphatic heterocycles. The van der Waals surface area contributed by atoms with Crippen molar-refractivity contribution in [1.29, 1.82) is 5.26 Å². The van der Waals surface area contributed by atoms with Gasteiger partial charge in [0.2, 0.25) is 0 Å². The standard InChI is InChI=1S/C12H12BrN3S/c1-8-4-5-17-12(15-8)16-11-3-2-9(7-14)6-10(11)13/h2-3,6,8H,4-5H2,1H3,(H,15,16). The Morgan fingerprint density at radius 2 is 2.41 bits per heavy atom. The second-order valence-corrected chi connectivity index (χ2v) is 5.79. The molecule has 0 spiro atoms. The second kappa shape index (κ2) is 5.56. The lowest BCUT2D eigenvalue weighted by atomic mass is 10.2. The van der Waals surface area contributed by atoms with Gasteiger partial charge >= 0.3 is 0 Å². The number of aliphatic imine (C=N–C) groups is 1. The van der Waals surface area contributed by atoms with Crippen molar-refractivity contribution in [2.45, 2.75) is 19.4 Å². The summed E-state index contributed by atoms with van der Waals surface area (Å²) in [6.07, 6.45) is 1.13. The number of anilines is 1. The lowest BCUT2D eigenvalue weighted by molar-refractivity contribution is 0.720. The molecule has 1 aliphatic rings. The maximum atomic E-state index is 8.79. The minimum Gasteiger partial charge on any atom is -0.334 e. The lowest BCUT2D eigenvalue weighted by Crippen LogP contribution is -2.18. The van der Waals surface area contributed by atoms with E-state index < -0.39 is 0 Å². The zero-order valence-corrected chi connectivity index (χ0v) is 11.8. The van der Waals surface area contributed by atoms with Crippen LogP contribution in [0.2, 0.25) is 0 Å². The van der Waals surface area contributed by atoms with E-state index in [2.05, 4.69) is 39.2 Å². The fourth-order valence-corrected chi connectivity index (χ4v) is 3.06. The largest absolute Gasteiger partial charge is 0.334 e. The number of nitrogens with zero attached hydrogens (tertiary/aromatic N) is 2. The normalized spacial score (nSPS) is 19.4. The highest BCUT2D eigenvalue weighted by Crippen LogP contribution is 2.26. The molecule has 0 saturated carbocycles. The van der Waals surface area contributed by atoms with Gasteiger partial charge in [0.25, 0.3) is 0 Å². The van der Waals surface area contributed by atoms with E-state index >= 15 is 0 Å². The van der Waals surface area contributed by atoms with Gasteiger partial charge in [-0.3, -0.25) is 4.99 Å².